The lowest BCUT2D eigenvalue weighted by molar-refractivity contribution is 0.480. The fourth-order valence-corrected chi connectivity index (χ4v) is 2.72. The SMILES string of the molecule is N#CCc1cc2c(O)cc(S)cc2s1. The van der Waals surface area contributed by atoms with E-state index in [0.717, 1.165) is 19.9 Å². The lowest BCUT2D eigenvalue weighted by atomic mass is 10.2. The van der Waals surface area contributed by atoms with Crippen molar-refractivity contribution >= 4 is 34.1 Å². The summed E-state index contributed by atoms with van der Waals surface area (Å²) >= 11 is 5.69. The van der Waals surface area contributed by atoms with Crippen LogP contribution in [0.3, 0.4) is 0 Å². The Bertz CT molecular complexity index is 525. The molecule has 4 heteroatoms. The Hall–Kier alpha value is -1.18. The van der Waals surface area contributed by atoms with Gasteiger partial charge in [-0.3, -0.25) is 0 Å². The number of thiophene rings is 1. The number of fused-ring (bicyclic) bond motifs is 1. The highest BCUT2D eigenvalue weighted by molar-refractivity contribution is 7.80. The topological polar surface area (TPSA) is 44.0 Å². The quantitative estimate of drug-likeness (QED) is 0.727. The van der Waals surface area contributed by atoms with E-state index in [-0.39, 0.29) is 5.75 Å². The first kappa shape index (κ1) is 9.38. The summed E-state index contributed by atoms with van der Waals surface area (Å²) in [6, 6.07) is 7.44. The molecule has 0 atom stereocenters. The van der Waals surface area contributed by atoms with Crippen molar-refractivity contribution in [2.45, 2.75) is 11.3 Å². The van der Waals surface area contributed by atoms with E-state index in [2.05, 4.69) is 18.7 Å². The maximum atomic E-state index is 9.61. The van der Waals surface area contributed by atoms with Crippen LogP contribution in [0.5, 0.6) is 5.75 Å². The molecule has 1 N–H and O–H groups in total. The highest BCUT2D eigenvalue weighted by Gasteiger charge is 2.06. The first-order valence-corrected chi connectivity index (χ1v) is 5.28. The molecule has 1 heterocycles. The second-order valence-corrected chi connectivity index (χ2v) is 4.61. The monoisotopic (exact) mass is 221 g/mol. The van der Waals surface area contributed by atoms with Crippen molar-refractivity contribution < 1.29 is 5.11 Å². The van der Waals surface area contributed by atoms with Crippen molar-refractivity contribution in [2.24, 2.45) is 0 Å². The van der Waals surface area contributed by atoms with E-state index in [1.807, 2.05) is 12.1 Å². The summed E-state index contributed by atoms with van der Waals surface area (Å²) in [5.41, 5.74) is 0. The van der Waals surface area contributed by atoms with E-state index in [9.17, 15) is 5.11 Å². The molecule has 0 fully saturated rings. The van der Waals surface area contributed by atoms with E-state index >= 15 is 0 Å². The number of aromatic hydroxyl groups is 1. The summed E-state index contributed by atoms with van der Waals surface area (Å²) in [6.07, 6.45) is 0.390. The van der Waals surface area contributed by atoms with Gasteiger partial charge in [0, 0.05) is 19.9 Å². The molecule has 1 aromatic heterocycles. The maximum absolute atomic E-state index is 9.61. The molecule has 2 rings (SSSR count). The van der Waals surface area contributed by atoms with Crippen molar-refractivity contribution in [3.63, 3.8) is 0 Å². The largest absolute Gasteiger partial charge is 0.507 e. The number of hydrogen-bond acceptors (Lipinski definition) is 4. The predicted octanol–water partition coefficient (Wildman–Crippen LogP) is 2.96. The van der Waals surface area contributed by atoms with Gasteiger partial charge in [0.15, 0.2) is 0 Å². The number of rotatable bonds is 1. The number of benzene rings is 1. The molecule has 0 aliphatic heterocycles. The standard InChI is InChI=1S/C10H7NOS2/c11-2-1-7-5-8-9(12)3-6(13)4-10(8)14-7/h3-5,12-13H,1H2. The van der Waals surface area contributed by atoms with E-state index in [4.69, 9.17) is 5.26 Å². The number of phenolic OH excluding ortho intramolecular Hbond substituents is 1. The van der Waals surface area contributed by atoms with Crippen LogP contribution in [-0.4, -0.2) is 5.11 Å². The number of nitriles is 1. The smallest absolute Gasteiger partial charge is 0.125 e. The van der Waals surface area contributed by atoms with Crippen molar-refractivity contribution in [3.8, 4) is 11.8 Å². The molecule has 0 amide bonds. The summed E-state index contributed by atoms with van der Waals surface area (Å²) in [4.78, 5) is 1.71. The van der Waals surface area contributed by atoms with Crippen LogP contribution in [0.4, 0.5) is 0 Å². The molecule has 2 aromatic rings. The molecular weight excluding hydrogens is 214 g/mol. The number of thiol groups is 1. The molecule has 2 nitrogen and oxygen atoms in total. The molecule has 14 heavy (non-hydrogen) atoms. The second-order valence-electron chi connectivity index (χ2n) is 2.92. The molecule has 0 aliphatic carbocycles. The highest BCUT2D eigenvalue weighted by Crippen LogP contribution is 2.34. The van der Waals surface area contributed by atoms with E-state index in [0.29, 0.717) is 6.42 Å². The minimum atomic E-state index is 0.230. The van der Waals surface area contributed by atoms with Crippen LogP contribution in [0.25, 0.3) is 10.1 Å². The molecule has 0 bridgehead atoms. The van der Waals surface area contributed by atoms with Gasteiger partial charge in [0.1, 0.15) is 5.75 Å². The molecular formula is C10H7NOS2. The third-order valence-corrected chi connectivity index (χ3v) is 3.24. The molecule has 0 spiro atoms. The summed E-state index contributed by atoms with van der Waals surface area (Å²) in [5, 5.41) is 19.0. The van der Waals surface area contributed by atoms with Gasteiger partial charge in [0.05, 0.1) is 12.5 Å². The van der Waals surface area contributed by atoms with Crippen LogP contribution >= 0.6 is 24.0 Å². The Balaban J connectivity index is 2.66. The normalized spacial score (nSPS) is 10.3. The van der Waals surface area contributed by atoms with Crippen molar-refractivity contribution in [1.29, 1.82) is 5.26 Å². The summed E-state index contributed by atoms with van der Waals surface area (Å²) in [5.74, 6) is 0.230. The van der Waals surface area contributed by atoms with Gasteiger partial charge in [-0.25, -0.2) is 0 Å². The van der Waals surface area contributed by atoms with Crippen LogP contribution in [-0.2, 0) is 6.42 Å². The summed E-state index contributed by atoms with van der Waals surface area (Å²) < 4.78 is 0.972. The van der Waals surface area contributed by atoms with Crippen LogP contribution in [0.1, 0.15) is 4.88 Å². The molecule has 0 saturated carbocycles. The van der Waals surface area contributed by atoms with Gasteiger partial charge in [0.25, 0.3) is 0 Å². The van der Waals surface area contributed by atoms with Crippen molar-refractivity contribution in [1.82, 2.24) is 0 Å². The van der Waals surface area contributed by atoms with Crippen LogP contribution in [0.2, 0.25) is 0 Å². The number of hydrogen-bond donors (Lipinski definition) is 2. The first-order valence-electron chi connectivity index (χ1n) is 4.02. The van der Waals surface area contributed by atoms with Gasteiger partial charge >= 0.3 is 0 Å². The Labute approximate surface area is 90.8 Å². The second kappa shape index (κ2) is 3.52. The Morgan fingerprint density at radius 1 is 1.43 bits per heavy atom. The lowest BCUT2D eigenvalue weighted by Gasteiger charge is -1.95. The lowest BCUT2D eigenvalue weighted by Crippen LogP contribution is -1.69. The van der Waals surface area contributed by atoms with E-state index in [1.165, 1.54) is 11.3 Å². The highest BCUT2D eigenvalue weighted by atomic mass is 32.1. The van der Waals surface area contributed by atoms with E-state index in [1.54, 1.807) is 6.07 Å². The molecule has 0 saturated heterocycles. The zero-order chi connectivity index (χ0) is 10.1. The van der Waals surface area contributed by atoms with Gasteiger partial charge in [-0.15, -0.1) is 24.0 Å². The number of nitrogens with zero attached hydrogens (tertiary/aromatic N) is 1. The average Bonchev–Trinajstić information content (AvgIpc) is 2.48. The van der Waals surface area contributed by atoms with Gasteiger partial charge < -0.3 is 5.11 Å². The fraction of sp³-hybridized carbons (Fsp3) is 0.100. The summed E-state index contributed by atoms with van der Waals surface area (Å²) in [6.45, 7) is 0. The molecule has 1 aromatic carbocycles. The van der Waals surface area contributed by atoms with Gasteiger partial charge in [-0.1, -0.05) is 0 Å². The average molecular weight is 221 g/mol. The summed E-state index contributed by atoms with van der Waals surface area (Å²) in [7, 11) is 0. The van der Waals surface area contributed by atoms with E-state index < -0.39 is 0 Å². The molecule has 0 unspecified atom stereocenters. The van der Waals surface area contributed by atoms with Crippen molar-refractivity contribution in [3.05, 3.63) is 23.1 Å². The Kier molecular flexibility index (Phi) is 2.36. The molecule has 0 radical (unpaired) electrons. The molecule has 70 valence electrons. The van der Waals surface area contributed by atoms with Crippen LogP contribution < -0.4 is 0 Å². The first-order chi connectivity index (χ1) is 6.70. The fourth-order valence-electron chi connectivity index (χ4n) is 1.32. The number of phenols is 1. The Morgan fingerprint density at radius 3 is 2.93 bits per heavy atom. The Morgan fingerprint density at radius 2 is 2.21 bits per heavy atom. The van der Waals surface area contributed by atoms with Gasteiger partial charge in [-0.2, -0.15) is 5.26 Å². The minimum Gasteiger partial charge on any atom is -0.507 e. The van der Waals surface area contributed by atoms with Gasteiger partial charge in [-0.05, 0) is 18.2 Å². The third-order valence-electron chi connectivity index (χ3n) is 1.90. The van der Waals surface area contributed by atoms with Crippen molar-refractivity contribution in [2.75, 3.05) is 0 Å². The third kappa shape index (κ3) is 1.57. The minimum absolute atomic E-state index is 0.230. The zero-order valence-corrected chi connectivity index (χ0v) is 8.90. The van der Waals surface area contributed by atoms with Crippen LogP contribution in [0.15, 0.2) is 23.1 Å². The molecule has 0 aliphatic rings. The van der Waals surface area contributed by atoms with Crippen LogP contribution in [0, 0.1) is 11.3 Å². The maximum Gasteiger partial charge on any atom is 0.125 e. The predicted molar refractivity (Wildman–Crippen MR) is 60.1 cm³/mol. The zero-order valence-electron chi connectivity index (χ0n) is 7.19. The van der Waals surface area contributed by atoms with Gasteiger partial charge in [0.2, 0.25) is 0 Å².